The Morgan fingerprint density at radius 1 is 0.947 bits per heavy atom. The molecule has 0 saturated carbocycles. The third-order valence-electron chi connectivity index (χ3n) is 7.40. The zero-order valence-corrected chi connectivity index (χ0v) is 22.8. The smallest absolute Gasteiger partial charge is 0.130 e. The predicted molar refractivity (Wildman–Crippen MR) is 164 cm³/mol. The van der Waals surface area contributed by atoms with Crippen LogP contribution in [0.15, 0.2) is 92.2 Å². The zero-order valence-electron chi connectivity index (χ0n) is 22.8. The average Bonchev–Trinajstić information content (AvgIpc) is 2.92. The molecule has 1 unspecified atom stereocenters. The number of hydrogen-bond donors (Lipinski definition) is 2. The van der Waals surface area contributed by atoms with Crippen LogP contribution in [0.3, 0.4) is 0 Å². The zero-order chi connectivity index (χ0) is 26.6. The van der Waals surface area contributed by atoms with Gasteiger partial charge in [0.1, 0.15) is 5.82 Å². The minimum Gasteiger partial charge on any atom is -0.368 e. The molecule has 5 rings (SSSR count). The molecule has 0 radical (unpaired) electrons. The van der Waals surface area contributed by atoms with Crippen molar-refractivity contribution in [2.24, 2.45) is 0 Å². The van der Waals surface area contributed by atoms with E-state index < -0.39 is 0 Å². The second-order valence-corrected chi connectivity index (χ2v) is 10.6. The highest BCUT2D eigenvalue weighted by Gasteiger charge is 2.21. The van der Waals surface area contributed by atoms with Crippen LogP contribution in [0.2, 0.25) is 0 Å². The molecule has 4 nitrogen and oxygen atoms in total. The van der Waals surface area contributed by atoms with Crippen molar-refractivity contribution >= 4 is 33.5 Å². The van der Waals surface area contributed by atoms with Gasteiger partial charge in [0, 0.05) is 42.8 Å². The molecule has 194 valence electrons. The van der Waals surface area contributed by atoms with Crippen LogP contribution in [0, 0.1) is 0 Å². The van der Waals surface area contributed by atoms with Gasteiger partial charge in [0.05, 0.1) is 0 Å². The van der Waals surface area contributed by atoms with E-state index in [4.69, 9.17) is 0 Å². The summed E-state index contributed by atoms with van der Waals surface area (Å²) in [4.78, 5) is 7.00. The molecule has 38 heavy (non-hydrogen) atoms. The van der Waals surface area contributed by atoms with Gasteiger partial charge in [-0.3, -0.25) is 0 Å². The summed E-state index contributed by atoms with van der Waals surface area (Å²) in [5.41, 5.74) is 8.07. The minimum absolute atomic E-state index is 0.488. The summed E-state index contributed by atoms with van der Waals surface area (Å²) in [7, 11) is 0. The average molecular weight is 503 g/mol. The van der Waals surface area contributed by atoms with Gasteiger partial charge in [0.25, 0.3) is 0 Å². The van der Waals surface area contributed by atoms with Crippen LogP contribution >= 0.6 is 0 Å². The summed E-state index contributed by atoms with van der Waals surface area (Å²) in [6, 6.07) is 27.1. The lowest BCUT2D eigenvalue weighted by Crippen LogP contribution is -2.54. The lowest BCUT2D eigenvalue weighted by atomic mass is 9.95. The number of aromatic nitrogens is 1. The number of nitrogens with zero attached hydrogens (tertiary/aromatic N) is 2. The Morgan fingerprint density at radius 2 is 1.68 bits per heavy atom. The topological polar surface area (TPSA) is 40.2 Å². The van der Waals surface area contributed by atoms with Crippen LogP contribution in [0.1, 0.15) is 49.4 Å². The lowest BCUT2D eigenvalue weighted by Gasteiger charge is -2.37. The first-order valence-corrected chi connectivity index (χ1v) is 13.6. The summed E-state index contributed by atoms with van der Waals surface area (Å²) >= 11 is 0. The Bertz CT molecular complexity index is 1440. The molecule has 2 N–H and O–H groups in total. The molecule has 1 aliphatic rings. The molecule has 1 aromatic heterocycles. The predicted octanol–water partition coefficient (Wildman–Crippen LogP) is 7.52. The van der Waals surface area contributed by atoms with E-state index in [1.807, 2.05) is 6.20 Å². The van der Waals surface area contributed by atoms with Gasteiger partial charge in [-0.05, 0) is 89.6 Å². The maximum atomic E-state index is 4.55. The Kier molecular flexibility index (Phi) is 7.62. The first kappa shape index (κ1) is 25.7. The standard InChI is InChI=1S/C34H38N4/c1-6-23(2)32-9-7-8-30-19-27(10-15-33(30)32)18-28-16-17-35-34(20-28)37-26(5)29-11-13-31(14-12-29)38-21-24(3)36-25(4)22-38/h7-17,19-20,24-25,36H,2,5-6,18,21-22H2,1,3-4H3,(H,35,37)/t24-,25?/m0/s1. The van der Waals surface area contributed by atoms with Crippen molar-refractivity contribution in [3.63, 3.8) is 0 Å². The van der Waals surface area contributed by atoms with Crippen molar-refractivity contribution in [2.75, 3.05) is 23.3 Å². The molecule has 4 aromatic rings. The van der Waals surface area contributed by atoms with E-state index in [2.05, 4.69) is 127 Å². The molecular weight excluding hydrogens is 464 g/mol. The van der Waals surface area contributed by atoms with E-state index in [0.717, 1.165) is 43.0 Å². The lowest BCUT2D eigenvalue weighted by molar-refractivity contribution is 0.407. The van der Waals surface area contributed by atoms with Crippen molar-refractivity contribution in [3.05, 3.63) is 114 Å². The first-order valence-electron chi connectivity index (χ1n) is 13.6. The van der Waals surface area contributed by atoms with Crippen LogP contribution in [0.25, 0.3) is 22.0 Å². The second-order valence-electron chi connectivity index (χ2n) is 10.6. The van der Waals surface area contributed by atoms with Crippen LogP contribution in [0.5, 0.6) is 0 Å². The molecule has 3 aromatic carbocycles. The van der Waals surface area contributed by atoms with Crippen LogP contribution < -0.4 is 15.5 Å². The van der Waals surface area contributed by atoms with Crippen molar-refractivity contribution < 1.29 is 0 Å². The van der Waals surface area contributed by atoms with E-state index in [1.54, 1.807) is 0 Å². The fraction of sp³-hybridized carbons (Fsp3) is 0.265. The molecule has 0 amide bonds. The largest absolute Gasteiger partial charge is 0.368 e. The van der Waals surface area contributed by atoms with Crippen molar-refractivity contribution in [1.82, 2.24) is 10.3 Å². The number of rotatable bonds is 8. The highest BCUT2D eigenvalue weighted by atomic mass is 15.2. The highest BCUT2D eigenvalue weighted by Crippen LogP contribution is 2.28. The highest BCUT2D eigenvalue weighted by molar-refractivity contribution is 5.93. The number of anilines is 2. The number of pyridine rings is 1. The normalized spacial score (nSPS) is 17.4. The Labute approximate surface area is 227 Å². The fourth-order valence-electron chi connectivity index (χ4n) is 5.47. The SMILES string of the molecule is C=C(Nc1cc(Cc2ccc3c(C(=C)CC)cccc3c2)ccn1)c1ccc(N2CC(C)N[C@@H](C)C2)cc1. The summed E-state index contributed by atoms with van der Waals surface area (Å²) in [5, 5.41) is 9.53. The Hall–Kier alpha value is -3.89. The number of allylic oxidation sites excluding steroid dienone is 1. The molecule has 1 fully saturated rings. The third kappa shape index (κ3) is 5.81. The number of fused-ring (bicyclic) bond motifs is 1. The summed E-state index contributed by atoms with van der Waals surface area (Å²) in [6.07, 6.45) is 3.66. The van der Waals surface area contributed by atoms with Gasteiger partial charge < -0.3 is 15.5 Å². The second kappa shape index (κ2) is 11.2. The van der Waals surface area contributed by atoms with E-state index in [-0.39, 0.29) is 0 Å². The quantitative estimate of drug-likeness (QED) is 0.261. The molecule has 0 spiro atoms. The molecule has 1 aliphatic heterocycles. The van der Waals surface area contributed by atoms with Crippen molar-refractivity contribution in [1.29, 1.82) is 0 Å². The summed E-state index contributed by atoms with van der Waals surface area (Å²) < 4.78 is 0. The van der Waals surface area contributed by atoms with Gasteiger partial charge in [-0.2, -0.15) is 0 Å². The third-order valence-corrected chi connectivity index (χ3v) is 7.40. The summed E-state index contributed by atoms with van der Waals surface area (Å²) in [5.74, 6) is 0.809. The number of nitrogens with one attached hydrogen (secondary N) is 2. The van der Waals surface area contributed by atoms with E-state index in [0.29, 0.717) is 12.1 Å². The number of benzene rings is 3. The van der Waals surface area contributed by atoms with Crippen LogP contribution in [0.4, 0.5) is 11.5 Å². The Morgan fingerprint density at radius 3 is 2.42 bits per heavy atom. The van der Waals surface area contributed by atoms with E-state index in [9.17, 15) is 0 Å². The van der Waals surface area contributed by atoms with Gasteiger partial charge in [-0.25, -0.2) is 4.98 Å². The number of hydrogen-bond acceptors (Lipinski definition) is 4. The molecule has 0 aliphatic carbocycles. The maximum Gasteiger partial charge on any atom is 0.130 e. The Balaban J connectivity index is 1.26. The van der Waals surface area contributed by atoms with Crippen LogP contribution in [-0.4, -0.2) is 30.2 Å². The van der Waals surface area contributed by atoms with Crippen molar-refractivity contribution in [2.45, 2.75) is 45.7 Å². The van der Waals surface area contributed by atoms with Gasteiger partial charge in [0.2, 0.25) is 0 Å². The molecule has 2 heterocycles. The van der Waals surface area contributed by atoms with Crippen molar-refractivity contribution in [3.8, 4) is 0 Å². The van der Waals surface area contributed by atoms with E-state index in [1.165, 1.54) is 38.7 Å². The molecule has 0 bridgehead atoms. The van der Waals surface area contributed by atoms with Gasteiger partial charge in [0.15, 0.2) is 0 Å². The van der Waals surface area contributed by atoms with Gasteiger partial charge >= 0.3 is 0 Å². The minimum atomic E-state index is 0.488. The molecule has 1 saturated heterocycles. The summed E-state index contributed by atoms with van der Waals surface area (Å²) in [6.45, 7) is 17.2. The van der Waals surface area contributed by atoms with Gasteiger partial charge in [-0.1, -0.05) is 68.6 Å². The fourth-order valence-corrected chi connectivity index (χ4v) is 5.47. The van der Waals surface area contributed by atoms with E-state index >= 15 is 0 Å². The monoisotopic (exact) mass is 502 g/mol. The first-order chi connectivity index (χ1) is 18.4. The molecular formula is C34H38N4. The number of piperazine rings is 1. The molecule has 4 heteroatoms. The van der Waals surface area contributed by atoms with Gasteiger partial charge in [-0.15, -0.1) is 0 Å². The van der Waals surface area contributed by atoms with Crippen LogP contribution in [-0.2, 0) is 6.42 Å². The molecule has 2 atom stereocenters. The maximum absolute atomic E-state index is 4.55.